The molecule has 2 heterocycles. The van der Waals surface area contributed by atoms with E-state index in [0.717, 1.165) is 55.6 Å². The van der Waals surface area contributed by atoms with Gasteiger partial charge < -0.3 is 14.5 Å². The molecule has 1 fully saturated rings. The first-order chi connectivity index (χ1) is 16.1. The fraction of sp³-hybridized carbons (Fsp3) is 0.556. The lowest BCUT2D eigenvalue weighted by atomic mass is 9.97. The van der Waals surface area contributed by atoms with Crippen LogP contribution in [0, 0.1) is 5.92 Å². The largest absolute Gasteiger partial charge is 0.376 e. The van der Waals surface area contributed by atoms with Crippen molar-refractivity contribution < 1.29 is 14.3 Å². The lowest BCUT2D eigenvalue weighted by Gasteiger charge is -2.31. The fourth-order valence-electron chi connectivity index (χ4n) is 4.37. The second kappa shape index (κ2) is 13.5. The topological polar surface area (TPSA) is 49.9 Å². The van der Waals surface area contributed by atoms with Crippen molar-refractivity contribution in [2.75, 3.05) is 19.7 Å². The number of hydrogen-bond acceptors (Lipinski definition) is 4. The average molecular weight is 471 g/mol. The summed E-state index contributed by atoms with van der Waals surface area (Å²) in [7, 11) is 0. The van der Waals surface area contributed by atoms with Crippen molar-refractivity contribution in [3.8, 4) is 0 Å². The maximum Gasteiger partial charge on any atom is 0.242 e. The maximum absolute atomic E-state index is 13.6. The molecular weight excluding hydrogens is 432 g/mol. The highest BCUT2D eigenvalue weighted by molar-refractivity contribution is 7.09. The second-order valence-corrected chi connectivity index (χ2v) is 9.95. The third-order valence-electron chi connectivity index (χ3n) is 6.33. The SMILES string of the molecule is CCCCC(CC)C(=O)N(CC(=O)N(Cc1ccccc1)Cc1cccs1)CC1CCCO1. The number of carbonyl (C=O) groups excluding carboxylic acids is 2. The van der Waals surface area contributed by atoms with Gasteiger partial charge in [0.05, 0.1) is 19.2 Å². The molecular formula is C27H38N2O3S. The van der Waals surface area contributed by atoms with Gasteiger partial charge in [0.15, 0.2) is 0 Å². The summed E-state index contributed by atoms with van der Waals surface area (Å²) in [5.41, 5.74) is 1.09. The molecule has 2 amide bonds. The monoisotopic (exact) mass is 470 g/mol. The van der Waals surface area contributed by atoms with Crippen LogP contribution in [-0.2, 0) is 27.4 Å². The van der Waals surface area contributed by atoms with Gasteiger partial charge in [-0.25, -0.2) is 0 Å². The van der Waals surface area contributed by atoms with Gasteiger partial charge in [-0.05, 0) is 42.7 Å². The first kappa shape index (κ1) is 25.4. The van der Waals surface area contributed by atoms with Gasteiger partial charge >= 0.3 is 0 Å². The van der Waals surface area contributed by atoms with Crippen LogP contribution < -0.4 is 0 Å². The molecule has 2 atom stereocenters. The number of rotatable bonds is 13. The van der Waals surface area contributed by atoms with E-state index in [1.807, 2.05) is 46.7 Å². The van der Waals surface area contributed by atoms with E-state index in [9.17, 15) is 9.59 Å². The Morgan fingerprint density at radius 1 is 1.09 bits per heavy atom. The first-order valence-corrected chi connectivity index (χ1v) is 13.2. The van der Waals surface area contributed by atoms with Crippen LogP contribution in [0.5, 0.6) is 0 Å². The number of unbranched alkanes of at least 4 members (excludes halogenated alkanes) is 1. The summed E-state index contributed by atoms with van der Waals surface area (Å²) in [6.45, 7) is 6.67. The van der Waals surface area contributed by atoms with Crippen LogP contribution in [0.1, 0.15) is 62.8 Å². The van der Waals surface area contributed by atoms with Crippen LogP contribution in [0.25, 0.3) is 0 Å². The molecule has 0 N–H and O–H groups in total. The van der Waals surface area contributed by atoms with Crippen LogP contribution in [0.4, 0.5) is 0 Å². The van der Waals surface area contributed by atoms with E-state index in [0.29, 0.717) is 19.6 Å². The minimum atomic E-state index is -0.0287. The van der Waals surface area contributed by atoms with Crippen molar-refractivity contribution >= 4 is 23.2 Å². The highest BCUT2D eigenvalue weighted by Crippen LogP contribution is 2.21. The van der Waals surface area contributed by atoms with Crippen molar-refractivity contribution in [2.45, 2.75) is 71.6 Å². The highest BCUT2D eigenvalue weighted by Gasteiger charge is 2.29. The molecule has 1 aliphatic rings. The zero-order valence-corrected chi connectivity index (χ0v) is 20.9. The standard InChI is InChI=1S/C27H38N2O3S/c1-3-5-13-23(4-2)27(31)29(19-24-14-9-16-32-24)21-26(30)28(20-25-15-10-17-33-25)18-22-11-7-6-8-12-22/h6-8,10-12,15,17,23-24H,3-5,9,13-14,16,18-21H2,1-2H3. The molecule has 6 heteroatoms. The Morgan fingerprint density at radius 3 is 2.55 bits per heavy atom. The number of ether oxygens (including phenoxy) is 1. The molecule has 0 spiro atoms. The predicted octanol–water partition coefficient (Wildman–Crippen LogP) is 5.50. The van der Waals surface area contributed by atoms with Crippen molar-refractivity contribution in [1.29, 1.82) is 0 Å². The molecule has 5 nitrogen and oxygen atoms in total. The van der Waals surface area contributed by atoms with Crippen LogP contribution in [0.2, 0.25) is 0 Å². The molecule has 1 aromatic heterocycles. The Balaban J connectivity index is 1.75. The van der Waals surface area contributed by atoms with Crippen LogP contribution in [-0.4, -0.2) is 47.4 Å². The van der Waals surface area contributed by atoms with Gasteiger partial charge in [-0.2, -0.15) is 0 Å². The number of amides is 2. The van der Waals surface area contributed by atoms with E-state index in [2.05, 4.69) is 19.9 Å². The molecule has 1 saturated heterocycles. The number of thiophene rings is 1. The van der Waals surface area contributed by atoms with Crippen molar-refractivity contribution in [1.82, 2.24) is 9.80 Å². The summed E-state index contributed by atoms with van der Waals surface area (Å²) in [5.74, 6) is 0.0635. The van der Waals surface area contributed by atoms with Gasteiger partial charge in [-0.15, -0.1) is 11.3 Å². The minimum absolute atomic E-state index is 0.0102. The van der Waals surface area contributed by atoms with E-state index < -0.39 is 0 Å². The fourth-order valence-corrected chi connectivity index (χ4v) is 5.09. The molecule has 0 bridgehead atoms. The smallest absolute Gasteiger partial charge is 0.242 e. The third kappa shape index (κ3) is 7.97. The molecule has 0 aliphatic carbocycles. The Labute approximate surface area is 202 Å². The molecule has 2 aromatic rings. The summed E-state index contributed by atoms with van der Waals surface area (Å²) in [6.07, 6.45) is 5.79. The van der Waals surface area contributed by atoms with E-state index in [-0.39, 0.29) is 30.4 Å². The number of benzene rings is 1. The van der Waals surface area contributed by atoms with Crippen LogP contribution in [0.15, 0.2) is 47.8 Å². The summed E-state index contributed by atoms with van der Waals surface area (Å²) >= 11 is 1.65. The molecule has 0 radical (unpaired) electrons. The molecule has 180 valence electrons. The lowest BCUT2D eigenvalue weighted by Crippen LogP contribution is -2.47. The van der Waals surface area contributed by atoms with Gasteiger partial charge in [-0.1, -0.05) is 63.1 Å². The maximum atomic E-state index is 13.6. The molecule has 33 heavy (non-hydrogen) atoms. The van der Waals surface area contributed by atoms with Crippen molar-refractivity contribution in [3.63, 3.8) is 0 Å². The average Bonchev–Trinajstić information content (AvgIpc) is 3.53. The Bertz CT molecular complexity index is 834. The van der Waals surface area contributed by atoms with Crippen molar-refractivity contribution in [3.05, 3.63) is 58.3 Å². The summed E-state index contributed by atoms with van der Waals surface area (Å²) in [4.78, 5) is 31.9. The van der Waals surface area contributed by atoms with E-state index in [1.54, 1.807) is 16.2 Å². The quantitative estimate of drug-likeness (QED) is 0.388. The Morgan fingerprint density at radius 2 is 1.91 bits per heavy atom. The van der Waals surface area contributed by atoms with Gasteiger partial charge in [0, 0.05) is 30.5 Å². The van der Waals surface area contributed by atoms with E-state index >= 15 is 0 Å². The van der Waals surface area contributed by atoms with Crippen molar-refractivity contribution in [2.24, 2.45) is 5.92 Å². The molecule has 1 aromatic carbocycles. The third-order valence-corrected chi connectivity index (χ3v) is 7.19. The Kier molecular flexibility index (Phi) is 10.4. The molecule has 3 rings (SSSR count). The van der Waals surface area contributed by atoms with E-state index in [4.69, 9.17) is 4.74 Å². The highest BCUT2D eigenvalue weighted by atomic mass is 32.1. The predicted molar refractivity (Wildman–Crippen MR) is 134 cm³/mol. The molecule has 0 saturated carbocycles. The van der Waals surface area contributed by atoms with Gasteiger partial charge in [0.2, 0.25) is 11.8 Å². The van der Waals surface area contributed by atoms with Gasteiger partial charge in [-0.3, -0.25) is 9.59 Å². The normalized spacial score (nSPS) is 16.5. The second-order valence-electron chi connectivity index (χ2n) is 8.92. The van der Waals surface area contributed by atoms with Crippen LogP contribution >= 0.6 is 11.3 Å². The number of carbonyl (C=O) groups is 2. The lowest BCUT2D eigenvalue weighted by molar-refractivity contribution is -0.145. The first-order valence-electron chi connectivity index (χ1n) is 12.3. The summed E-state index contributed by atoms with van der Waals surface area (Å²) < 4.78 is 5.83. The Hall–Kier alpha value is -2.18. The summed E-state index contributed by atoms with van der Waals surface area (Å²) in [6, 6.07) is 14.1. The molecule has 2 unspecified atom stereocenters. The molecule has 1 aliphatic heterocycles. The van der Waals surface area contributed by atoms with Gasteiger partial charge in [0.1, 0.15) is 0 Å². The zero-order chi connectivity index (χ0) is 23.5. The van der Waals surface area contributed by atoms with E-state index in [1.165, 1.54) is 0 Å². The minimum Gasteiger partial charge on any atom is -0.376 e. The zero-order valence-electron chi connectivity index (χ0n) is 20.1. The number of hydrogen-bond donors (Lipinski definition) is 0. The van der Waals surface area contributed by atoms with Gasteiger partial charge in [0.25, 0.3) is 0 Å². The van der Waals surface area contributed by atoms with Crippen LogP contribution in [0.3, 0.4) is 0 Å². The number of nitrogens with zero attached hydrogens (tertiary/aromatic N) is 2. The summed E-state index contributed by atoms with van der Waals surface area (Å²) in [5, 5.41) is 2.04.